The third kappa shape index (κ3) is 4.49. The zero-order valence-corrected chi connectivity index (χ0v) is 17.8. The minimum Gasteiger partial charge on any atom is -0.469 e. The van der Waals surface area contributed by atoms with Crippen LogP contribution < -0.4 is 5.30 Å². The van der Waals surface area contributed by atoms with Gasteiger partial charge in [-0.3, -0.25) is 14.3 Å². The lowest BCUT2D eigenvalue weighted by molar-refractivity contribution is -0.154. The molecule has 3 rings (SSSR count). The molecule has 5 atom stereocenters. The van der Waals surface area contributed by atoms with Crippen molar-refractivity contribution < 1.29 is 23.1 Å². The molecule has 1 aromatic rings. The van der Waals surface area contributed by atoms with Gasteiger partial charge < -0.3 is 13.8 Å². The highest BCUT2D eigenvalue weighted by molar-refractivity contribution is 7.62. The summed E-state index contributed by atoms with van der Waals surface area (Å²) < 4.78 is 29.9. The smallest absolute Gasteiger partial charge is 0.361 e. The van der Waals surface area contributed by atoms with E-state index in [2.05, 4.69) is 14.9 Å². The molecule has 2 unspecified atom stereocenters. The average molecular weight is 422 g/mol. The number of azide groups is 1. The number of hydrogen-bond donors (Lipinski definition) is 0. The van der Waals surface area contributed by atoms with Gasteiger partial charge in [0.05, 0.1) is 24.4 Å². The Hall–Kier alpha value is -1.89. The molecule has 0 aliphatic carbocycles. The topological polar surface area (TPSA) is 114 Å². The van der Waals surface area contributed by atoms with E-state index in [1.54, 1.807) is 12.1 Å². The van der Waals surface area contributed by atoms with Gasteiger partial charge in [-0.1, -0.05) is 17.2 Å². The van der Waals surface area contributed by atoms with Gasteiger partial charge in [0, 0.05) is 30.6 Å². The van der Waals surface area contributed by atoms with Crippen LogP contribution in [0.4, 0.5) is 0 Å². The maximum Gasteiger partial charge on any atom is 0.361 e. The maximum absolute atomic E-state index is 13.5. The summed E-state index contributed by atoms with van der Waals surface area (Å²) in [6.07, 6.45) is 2.52. The van der Waals surface area contributed by atoms with Crippen molar-refractivity contribution in [2.75, 3.05) is 27.8 Å². The third-order valence-electron chi connectivity index (χ3n) is 6.02. The van der Waals surface area contributed by atoms with E-state index < -0.39 is 19.6 Å². The van der Waals surface area contributed by atoms with E-state index in [4.69, 9.17) is 19.3 Å². The van der Waals surface area contributed by atoms with Crippen LogP contribution in [0.3, 0.4) is 0 Å². The van der Waals surface area contributed by atoms with Crippen molar-refractivity contribution in [3.8, 4) is 0 Å². The normalized spacial score (nSPS) is 28.4. The summed E-state index contributed by atoms with van der Waals surface area (Å²) in [4.78, 5) is 17.4. The van der Waals surface area contributed by atoms with Crippen molar-refractivity contribution in [1.29, 1.82) is 0 Å². The molecule has 0 N–H and O–H groups in total. The summed E-state index contributed by atoms with van der Waals surface area (Å²) in [5, 5.41) is 3.95. The zero-order chi connectivity index (χ0) is 21.0. The van der Waals surface area contributed by atoms with E-state index in [9.17, 15) is 9.36 Å². The second-order valence-corrected chi connectivity index (χ2v) is 9.53. The molecule has 10 heteroatoms. The number of piperidine rings is 1. The van der Waals surface area contributed by atoms with Crippen molar-refractivity contribution in [1.82, 2.24) is 4.90 Å². The average Bonchev–Trinajstić information content (AvgIpc) is 2.97. The van der Waals surface area contributed by atoms with Gasteiger partial charge in [-0.15, -0.1) is 0 Å². The molecule has 2 saturated heterocycles. The van der Waals surface area contributed by atoms with Crippen LogP contribution in [0.2, 0.25) is 0 Å². The molecule has 2 fully saturated rings. The lowest BCUT2D eigenvalue weighted by atomic mass is 9.88. The molecule has 1 aromatic carbocycles. The number of carbonyl (C=O) groups excluding carboxylic acids is 1. The van der Waals surface area contributed by atoms with Gasteiger partial charge in [0.25, 0.3) is 0 Å². The monoisotopic (exact) mass is 422 g/mol. The number of rotatable bonds is 8. The van der Waals surface area contributed by atoms with Crippen LogP contribution in [0.15, 0.2) is 29.4 Å². The molecule has 2 aliphatic heterocycles. The lowest BCUT2D eigenvalue weighted by Gasteiger charge is -2.41. The van der Waals surface area contributed by atoms with E-state index in [-0.39, 0.29) is 12.0 Å². The highest BCUT2D eigenvalue weighted by Crippen LogP contribution is 2.52. The van der Waals surface area contributed by atoms with Crippen LogP contribution in [-0.4, -0.2) is 56.9 Å². The molecule has 0 aromatic heterocycles. The van der Waals surface area contributed by atoms with E-state index >= 15 is 0 Å². The van der Waals surface area contributed by atoms with Gasteiger partial charge in [-0.25, -0.2) is 0 Å². The van der Waals surface area contributed by atoms with Crippen LogP contribution in [0.5, 0.6) is 0 Å². The fourth-order valence-electron chi connectivity index (χ4n) is 4.43. The van der Waals surface area contributed by atoms with E-state index in [0.717, 1.165) is 18.4 Å². The predicted octanol–water partition coefficient (Wildman–Crippen LogP) is 3.05. The SMILES string of the molecule is COC(=O)[C@@H]1C2CCC(C[C@@H]1O[P@](=O)(OC)c1ccc(CCN=[N+]=[N-])cc1)N2C. The summed E-state index contributed by atoms with van der Waals surface area (Å²) in [5.74, 6) is -0.849. The first-order valence-corrected chi connectivity index (χ1v) is 11.2. The number of esters is 1. The Labute approximate surface area is 170 Å². The number of carbonyl (C=O) groups is 1. The Kier molecular flexibility index (Phi) is 6.98. The largest absolute Gasteiger partial charge is 0.469 e. The van der Waals surface area contributed by atoms with E-state index in [0.29, 0.717) is 30.7 Å². The van der Waals surface area contributed by atoms with E-state index in [1.807, 2.05) is 19.2 Å². The molecule has 2 aliphatic rings. The zero-order valence-electron chi connectivity index (χ0n) is 16.9. The van der Waals surface area contributed by atoms with Gasteiger partial charge >= 0.3 is 13.6 Å². The molecule has 2 bridgehead atoms. The second-order valence-electron chi connectivity index (χ2n) is 7.44. The van der Waals surface area contributed by atoms with Gasteiger partial charge in [-0.05, 0) is 56.0 Å². The first-order valence-electron chi connectivity index (χ1n) is 9.67. The minimum absolute atomic E-state index is 0.0135. The fraction of sp³-hybridized carbons (Fsp3) is 0.632. The molecule has 9 nitrogen and oxygen atoms in total. The van der Waals surface area contributed by atoms with Gasteiger partial charge in [0.15, 0.2) is 0 Å². The highest BCUT2D eigenvalue weighted by atomic mass is 31.2. The minimum atomic E-state index is -3.61. The molecule has 0 spiro atoms. The second kappa shape index (κ2) is 9.28. The number of ether oxygens (including phenoxy) is 1. The van der Waals surface area contributed by atoms with E-state index in [1.165, 1.54) is 14.2 Å². The first-order chi connectivity index (χ1) is 13.9. The van der Waals surface area contributed by atoms with Crippen molar-refractivity contribution in [2.24, 2.45) is 11.0 Å². The van der Waals surface area contributed by atoms with Crippen molar-refractivity contribution in [2.45, 2.75) is 43.9 Å². The number of benzene rings is 1. The number of fused-ring (bicyclic) bond motifs is 2. The van der Waals surface area contributed by atoms with Crippen LogP contribution in [-0.2, 0) is 29.6 Å². The first kappa shape index (κ1) is 21.8. The Balaban J connectivity index is 1.80. The molecule has 0 radical (unpaired) electrons. The van der Waals surface area contributed by atoms with Gasteiger partial charge in [-0.2, -0.15) is 0 Å². The highest BCUT2D eigenvalue weighted by Gasteiger charge is 2.51. The van der Waals surface area contributed by atoms with Gasteiger partial charge in [0.2, 0.25) is 0 Å². The fourth-order valence-corrected chi connectivity index (χ4v) is 5.94. The summed E-state index contributed by atoms with van der Waals surface area (Å²) in [5.41, 5.74) is 9.32. The Morgan fingerprint density at radius 1 is 1.31 bits per heavy atom. The Morgan fingerprint density at radius 3 is 2.66 bits per heavy atom. The standard InChI is InChI=1S/C19H27N4O5P/c1-23-14-6-9-16(23)18(19(24)26-2)17(12-14)28-29(25,27-3)15-7-4-13(5-8-15)10-11-21-22-20/h4-5,7-8,14,16-18H,6,9-12H2,1-3H3/t14?,16?,17-,18+,29+/m0/s1. The number of hydrogen-bond acceptors (Lipinski definition) is 7. The Morgan fingerprint density at radius 2 is 2.03 bits per heavy atom. The molecule has 158 valence electrons. The van der Waals surface area contributed by atoms with Crippen molar-refractivity contribution in [3.05, 3.63) is 40.3 Å². The van der Waals surface area contributed by atoms with Crippen molar-refractivity contribution in [3.63, 3.8) is 0 Å². The number of methoxy groups -OCH3 is 1. The summed E-state index contributed by atoms with van der Waals surface area (Å²) in [7, 11) is 1.12. The lowest BCUT2D eigenvalue weighted by Crippen LogP contribution is -2.53. The van der Waals surface area contributed by atoms with Crippen LogP contribution in [0, 0.1) is 5.92 Å². The summed E-state index contributed by atoms with van der Waals surface area (Å²) in [6, 6.07) is 7.33. The molecular formula is C19H27N4O5P. The third-order valence-corrected chi connectivity index (χ3v) is 7.98. The van der Waals surface area contributed by atoms with Crippen LogP contribution in [0.1, 0.15) is 24.8 Å². The van der Waals surface area contributed by atoms with Crippen molar-refractivity contribution >= 4 is 18.9 Å². The Bertz CT molecular complexity index is 826. The molecule has 2 heterocycles. The van der Waals surface area contributed by atoms with Crippen LogP contribution in [0.25, 0.3) is 10.4 Å². The van der Waals surface area contributed by atoms with Crippen LogP contribution >= 0.6 is 7.60 Å². The predicted molar refractivity (Wildman–Crippen MR) is 108 cm³/mol. The quantitative estimate of drug-likeness (QED) is 0.209. The molecular weight excluding hydrogens is 395 g/mol. The summed E-state index contributed by atoms with van der Waals surface area (Å²) in [6.45, 7) is 0.355. The summed E-state index contributed by atoms with van der Waals surface area (Å²) >= 11 is 0. The molecule has 0 amide bonds. The molecule has 29 heavy (non-hydrogen) atoms. The number of nitrogens with zero attached hydrogens (tertiary/aromatic N) is 4. The maximum atomic E-state index is 13.5. The van der Waals surface area contributed by atoms with Gasteiger partial charge in [0.1, 0.15) is 0 Å². The molecule has 0 saturated carbocycles.